The highest BCUT2D eigenvalue weighted by Gasteiger charge is 2.27. The Hall–Kier alpha value is -4.27. The molecule has 0 fully saturated rings. The maximum Gasteiger partial charge on any atom is 0.252 e. The number of hydrogen-bond acceptors (Lipinski definition) is 6. The number of ketones is 1. The van der Waals surface area contributed by atoms with Crippen LogP contribution < -0.4 is 26.2 Å². The van der Waals surface area contributed by atoms with E-state index in [0.717, 1.165) is 21.8 Å². The predicted molar refractivity (Wildman–Crippen MR) is 177 cm³/mol. The number of methoxy groups -OCH3 is 1. The summed E-state index contributed by atoms with van der Waals surface area (Å²) < 4.78 is 13.1. The summed E-state index contributed by atoms with van der Waals surface area (Å²) in [6.07, 6.45) is 8.27. The number of benzene rings is 2. The fourth-order valence-corrected chi connectivity index (χ4v) is 5.77. The lowest BCUT2D eigenvalue weighted by Crippen LogP contribution is -2.37. The van der Waals surface area contributed by atoms with Gasteiger partial charge in [0.25, 0.3) is 5.56 Å². The number of ether oxygens (including phenoxy) is 2. The third kappa shape index (κ3) is 6.87. The molecule has 0 spiro atoms. The molecule has 2 aliphatic rings. The summed E-state index contributed by atoms with van der Waals surface area (Å²) in [6, 6.07) is 11.0. The quantitative estimate of drug-likeness (QED) is 0.277. The van der Waals surface area contributed by atoms with Crippen LogP contribution in [0.25, 0.3) is 16.7 Å². The van der Waals surface area contributed by atoms with Gasteiger partial charge in [0.05, 0.1) is 35.6 Å². The SMILES string of the molecule is CCC(=O)c1ccc(Cl)cc1-c1cc(=O)n(C(CCOC(C)(C)C)C(=O)Nc2cccc3c2=C2C=CC(C)C=C2N=3)cc1OC. The summed E-state index contributed by atoms with van der Waals surface area (Å²) in [5.41, 5.74) is 2.92. The van der Waals surface area contributed by atoms with E-state index >= 15 is 0 Å². The fraction of sp³-hybridized carbons (Fsp3) is 0.333. The van der Waals surface area contributed by atoms with Gasteiger partial charge in [0.1, 0.15) is 11.8 Å². The van der Waals surface area contributed by atoms with Gasteiger partial charge in [0.2, 0.25) is 5.91 Å². The van der Waals surface area contributed by atoms with E-state index in [2.05, 4.69) is 24.4 Å². The molecule has 5 rings (SSSR count). The summed E-state index contributed by atoms with van der Waals surface area (Å²) in [5, 5.41) is 5.13. The van der Waals surface area contributed by atoms with Crippen LogP contribution in [0.3, 0.4) is 0 Å². The molecule has 3 aromatic rings. The van der Waals surface area contributed by atoms with Crippen LogP contribution in [0, 0.1) is 5.92 Å². The second kappa shape index (κ2) is 13.0. The average molecular weight is 628 g/mol. The Kier molecular flexibility index (Phi) is 9.28. The second-order valence-corrected chi connectivity index (χ2v) is 12.7. The highest BCUT2D eigenvalue weighted by Crippen LogP contribution is 2.34. The zero-order valence-corrected chi connectivity index (χ0v) is 27.2. The molecule has 1 aliphatic heterocycles. The Bertz CT molecular complexity index is 1920. The number of Topliss-reactive ketones (excluding diaryl/α,β-unsaturated/α-hetero) is 1. The molecule has 9 heteroatoms. The highest BCUT2D eigenvalue weighted by atomic mass is 35.5. The summed E-state index contributed by atoms with van der Waals surface area (Å²) in [6.45, 7) is 9.90. The molecule has 2 heterocycles. The number of carbonyl (C=O) groups is 2. The maximum atomic E-state index is 14.1. The van der Waals surface area contributed by atoms with Gasteiger partial charge in [0.15, 0.2) is 5.78 Å². The van der Waals surface area contributed by atoms with Gasteiger partial charge >= 0.3 is 0 Å². The van der Waals surface area contributed by atoms with Gasteiger partial charge in [-0.2, -0.15) is 0 Å². The third-order valence-corrected chi connectivity index (χ3v) is 8.03. The Morgan fingerprint density at radius 1 is 1.13 bits per heavy atom. The normalized spacial score (nSPS) is 15.9. The van der Waals surface area contributed by atoms with E-state index < -0.39 is 17.2 Å². The number of nitrogens with one attached hydrogen (secondary N) is 1. The first-order valence-electron chi connectivity index (χ1n) is 15.1. The third-order valence-electron chi connectivity index (χ3n) is 7.80. The monoisotopic (exact) mass is 627 g/mol. The lowest BCUT2D eigenvalue weighted by molar-refractivity contribution is -0.120. The largest absolute Gasteiger partial charge is 0.495 e. The molecule has 0 radical (unpaired) electrons. The summed E-state index contributed by atoms with van der Waals surface area (Å²) >= 11 is 6.32. The van der Waals surface area contributed by atoms with Crippen LogP contribution in [0.5, 0.6) is 5.75 Å². The van der Waals surface area contributed by atoms with Crippen molar-refractivity contribution in [2.75, 3.05) is 19.0 Å². The van der Waals surface area contributed by atoms with E-state index in [-0.39, 0.29) is 37.1 Å². The lowest BCUT2D eigenvalue weighted by Gasteiger charge is -2.24. The van der Waals surface area contributed by atoms with Crippen molar-refractivity contribution in [2.24, 2.45) is 10.9 Å². The minimum Gasteiger partial charge on any atom is -0.495 e. The molecule has 2 unspecified atom stereocenters. The number of nitrogens with zero attached hydrogens (tertiary/aromatic N) is 2. The number of carbonyl (C=O) groups excluding carboxylic acids is 2. The van der Waals surface area contributed by atoms with E-state index in [0.29, 0.717) is 33.1 Å². The minimum atomic E-state index is -0.935. The van der Waals surface area contributed by atoms with Crippen LogP contribution >= 0.6 is 11.6 Å². The van der Waals surface area contributed by atoms with E-state index in [1.807, 2.05) is 45.0 Å². The number of pyridine rings is 1. The van der Waals surface area contributed by atoms with Gasteiger partial charge in [0, 0.05) is 52.5 Å². The topological polar surface area (TPSA) is 99.0 Å². The highest BCUT2D eigenvalue weighted by molar-refractivity contribution is 6.31. The van der Waals surface area contributed by atoms with Gasteiger partial charge in [-0.1, -0.05) is 49.7 Å². The first-order valence-corrected chi connectivity index (χ1v) is 15.5. The number of anilines is 1. The molecule has 8 nitrogen and oxygen atoms in total. The first kappa shape index (κ1) is 32.1. The number of hydrogen-bond donors (Lipinski definition) is 1. The second-order valence-electron chi connectivity index (χ2n) is 12.2. The first-order chi connectivity index (χ1) is 21.4. The lowest BCUT2D eigenvalue weighted by atomic mass is 9.96. The van der Waals surface area contributed by atoms with Gasteiger partial charge in [-0.25, -0.2) is 4.99 Å². The molecule has 1 N–H and O–H groups in total. The Morgan fingerprint density at radius 3 is 2.62 bits per heavy atom. The van der Waals surface area contributed by atoms with Crippen LogP contribution in [0.15, 0.2) is 82.4 Å². The van der Waals surface area contributed by atoms with E-state index in [4.69, 9.17) is 26.1 Å². The molecule has 1 amide bonds. The number of halogens is 1. The molecular weight excluding hydrogens is 590 g/mol. The zero-order valence-electron chi connectivity index (χ0n) is 26.4. The zero-order chi connectivity index (χ0) is 32.5. The van der Waals surface area contributed by atoms with Crippen molar-refractivity contribution in [1.82, 2.24) is 4.57 Å². The molecule has 2 aromatic carbocycles. The smallest absolute Gasteiger partial charge is 0.252 e. The molecule has 0 bridgehead atoms. The number of rotatable bonds is 10. The summed E-state index contributed by atoms with van der Waals surface area (Å²) in [5.74, 6) is 0.112. The molecule has 45 heavy (non-hydrogen) atoms. The van der Waals surface area contributed by atoms with Crippen molar-refractivity contribution < 1.29 is 19.1 Å². The van der Waals surface area contributed by atoms with Gasteiger partial charge in [-0.15, -0.1) is 0 Å². The Labute approximate surface area is 267 Å². The number of fused-ring (bicyclic) bond motifs is 2. The molecular formula is C36H38ClN3O5. The van der Waals surface area contributed by atoms with Crippen molar-refractivity contribution >= 4 is 34.6 Å². The minimum absolute atomic E-state index is 0.0928. The van der Waals surface area contributed by atoms with Crippen molar-refractivity contribution in [2.45, 2.75) is 59.1 Å². The van der Waals surface area contributed by atoms with Crippen molar-refractivity contribution in [1.29, 1.82) is 0 Å². The van der Waals surface area contributed by atoms with Crippen molar-refractivity contribution in [3.8, 4) is 16.9 Å². The van der Waals surface area contributed by atoms with Crippen LogP contribution in [-0.2, 0) is 9.53 Å². The molecule has 234 valence electrons. The van der Waals surface area contributed by atoms with E-state index in [1.54, 1.807) is 25.1 Å². The Balaban J connectivity index is 1.58. The van der Waals surface area contributed by atoms with E-state index in [1.165, 1.54) is 23.9 Å². The number of allylic oxidation sites excluding steroid dienone is 3. The molecule has 2 atom stereocenters. The van der Waals surface area contributed by atoms with Crippen LogP contribution in [0.4, 0.5) is 5.69 Å². The predicted octanol–water partition coefficient (Wildman–Crippen LogP) is 6.03. The Morgan fingerprint density at radius 2 is 1.91 bits per heavy atom. The molecule has 1 aromatic heterocycles. The average Bonchev–Trinajstić information content (AvgIpc) is 3.37. The molecule has 1 aliphatic carbocycles. The molecule has 0 saturated carbocycles. The number of aromatic nitrogens is 1. The van der Waals surface area contributed by atoms with Crippen LogP contribution in [0.1, 0.15) is 63.9 Å². The molecule has 0 saturated heterocycles. The number of amides is 1. The van der Waals surface area contributed by atoms with Crippen LogP contribution in [0.2, 0.25) is 5.02 Å². The van der Waals surface area contributed by atoms with Crippen molar-refractivity contribution in [3.63, 3.8) is 0 Å². The van der Waals surface area contributed by atoms with Gasteiger partial charge < -0.3 is 14.8 Å². The van der Waals surface area contributed by atoms with Crippen LogP contribution in [-0.4, -0.2) is 35.6 Å². The van der Waals surface area contributed by atoms with Gasteiger partial charge in [-0.05, 0) is 62.6 Å². The van der Waals surface area contributed by atoms with Gasteiger partial charge in [-0.3, -0.25) is 19.0 Å². The maximum absolute atomic E-state index is 14.1. The fourth-order valence-electron chi connectivity index (χ4n) is 5.59. The van der Waals surface area contributed by atoms with E-state index in [9.17, 15) is 14.4 Å². The van der Waals surface area contributed by atoms with Crippen molar-refractivity contribution in [3.05, 3.63) is 104 Å². The summed E-state index contributed by atoms with van der Waals surface area (Å²) in [7, 11) is 1.48. The standard InChI is InChI=1S/C36H38ClN3O5/c1-7-31(41)23-14-12-22(37)18-25(23)26-19-33(42)40(20-32(26)44-6)30(15-16-45-36(3,4)5)35(43)39-28-10-8-9-27-34(28)24-13-11-21(2)17-29(24)38-27/h8-14,17-21,30H,7,15-16H2,1-6H3,(H,39,43). The summed E-state index contributed by atoms with van der Waals surface area (Å²) in [4.78, 5) is 45.5.